The predicted molar refractivity (Wildman–Crippen MR) is 135 cm³/mol. The summed E-state index contributed by atoms with van der Waals surface area (Å²) in [6.07, 6.45) is 0. The number of carbonyl (C=O) groups is 2. The zero-order valence-corrected chi connectivity index (χ0v) is 19.7. The number of hydrogen-bond acceptors (Lipinski definition) is 4. The highest BCUT2D eigenvalue weighted by molar-refractivity contribution is 6.30. The van der Waals surface area contributed by atoms with Crippen LogP contribution in [0.1, 0.15) is 11.6 Å². The van der Waals surface area contributed by atoms with Gasteiger partial charge in [-0.05, 0) is 42.0 Å². The molecule has 1 fully saturated rings. The van der Waals surface area contributed by atoms with Crippen molar-refractivity contribution in [3.8, 4) is 5.75 Å². The van der Waals surface area contributed by atoms with Gasteiger partial charge in [-0.15, -0.1) is 0 Å². The van der Waals surface area contributed by atoms with Crippen molar-refractivity contribution >= 4 is 34.9 Å². The number of methoxy groups -OCH3 is 1. The lowest BCUT2D eigenvalue weighted by Crippen LogP contribution is -2.52. The van der Waals surface area contributed by atoms with E-state index in [0.29, 0.717) is 36.9 Å². The number of hydrogen-bond donors (Lipinski definition) is 2. The summed E-state index contributed by atoms with van der Waals surface area (Å²) in [5, 5.41) is 6.19. The first-order valence-electron chi connectivity index (χ1n) is 11.1. The molecule has 2 N–H and O–H groups in total. The van der Waals surface area contributed by atoms with Gasteiger partial charge in [0, 0.05) is 48.6 Å². The summed E-state index contributed by atoms with van der Waals surface area (Å²) in [4.78, 5) is 30.3. The van der Waals surface area contributed by atoms with Crippen molar-refractivity contribution in [2.24, 2.45) is 0 Å². The van der Waals surface area contributed by atoms with E-state index in [4.69, 9.17) is 16.3 Å². The highest BCUT2D eigenvalue weighted by Gasteiger charge is 2.30. The topological polar surface area (TPSA) is 73.9 Å². The van der Waals surface area contributed by atoms with E-state index in [1.165, 1.54) is 0 Å². The summed E-state index contributed by atoms with van der Waals surface area (Å²) in [6, 6.07) is 22.7. The van der Waals surface area contributed by atoms with Crippen molar-refractivity contribution in [2.45, 2.75) is 6.04 Å². The average molecular weight is 479 g/mol. The van der Waals surface area contributed by atoms with Gasteiger partial charge in [0.1, 0.15) is 11.8 Å². The quantitative estimate of drug-likeness (QED) is 0.544. The molecular weight excluding hydrogens is 452 g/mol. The highest BCUT2D eigenvalue weighted by atomic mass is 35.5. The number of carbonyl (C=O) groups excluding carboxylic acids is 2. The average Bonchev–Trinajstić information content (AvgIpc) is 2.89. The van der Waals surface area contributed by atoms with Gasteiger partial charge in [0.05, 0.1) is 7.11 Å². The Morgan fingerprint density at radius 2 is 1.62 bits per heavy atom. The molecule has 34 heavy (non-hydrogen) atoms. The molecule has 1 heterocycles. The molecule has 0 radical (unpaired) electrons. The molecule has 4 rings (SSSR count). The Bertz CT molecular complexity index is 1120. The van der Waals surface area contributed by atoms with Gasteiger partial charge in [-0.25, -0.2) is 4.79 Å². The lowest BCUT2D eigenvalue weighted by Gasteiger charge is -2.37. The molecule has 7 nitrogen and oxygen atoms in total. The van der Waals surface area contributed by atoms with E-state index in [0.717, 1.165) is 17.0 Å². The first-order valence-corrected chi connectivity index (χ1v) is 11.5. The number of benzene rings is 3. The second-order valence-electron chi connectivity index (χ2n) is 7.96. The molecule has 8 heteroatoms. The van der Waals surface area contributed by atoms with Crippen LogP contribution in [0.2, 0.25) is 5.02 Å². The zero-order valence-electron chi connectivity index (χ0n) is 18.9. The van der Waals surface area contributed by atoms with Crippen molar-refractivity contribution in [1.29, 1.82) is 0 Å². The molecule has 0 aliphatic carbocycles. The van der Waals surface area contributed by atoms with E-state index in [-0.39, 0.29) is 5.91 Å². The van der Waals surface area contributed by atoms with Gasteiger partial charge in [-0.2, -0.15) is 0 Å². The van der Waals surface area contributed by atoms with E-state index in [2.05, 4.69) is 15.5 Å². The van der Waals surface area contributed by atoms with Gasteiger partial charge in [0.2, 0.25) is 5.91 Å². The number of rotatable bonds is 6. The molecule has 1 aliphatic heterocycles. The number of nitrogens with zero attached hydrogens (tertiary/aromatic N) is 2. The summed E-state index contributed by atoms with van der Waals surface area (Å²) < 4.78 is 5.33. The maximum atomic E-state index is 13.5. The minimum atomic E-state index is -0.795. The molecule has 1 atom stereocenters. The normalized spacial score (nSPS) is 14.3. The molecular formula is C26H27ClN4O3. The van der Waals surface area contributed by atoms with Gasteiger partial charge in [0.25, 0.3) is 0 Å². The standard InChI is InChI=1S/C26H27ClN4O3/c1-34-23-9-5-8-22(18-23)30-14-16-31(17-15-30)25(32)24(19-6-3-2-4-7-19)29-26(33)28-21-12-10-20(27)11-13-21/h2-13,18,24H,14-17H2,1H3,(H2,28,29,33). The number of anilines is 2. The molecule has 1 aliphatic rings. The molecule has 3 aromatic rings. The minimum Gasteiger partial charge on any atom is -0.497 e. The number of nitrogens with one attached hydrogen (secondary N) is 2. The van der Waals surface area contributed by atoms with Gasteiger partial charge < -0.3 is 25.2 Å². The second-order valence-corrected chi connectivity index (χ2v) is 8.40. The van der Waals surface area contributed by atoms with Crippen LogP contribution >= 0.6 is 11.6 Å². The lowest BCUT2D eigenvalue weighted by atomic mass is 10.1. The second kappa shape index (κ2) is 10.9. The van der Waals surface area contributed by atoms with Crippen molar-refractivity contribution in [1.82, 2.24) is 10.2 Å². The van der Waals surface area contributed by atoms with Crippen molar-refractivity contribution in [3.05, 3.63) is 89.4 Å². The fourth-order valence-electron chi connectivity index (χ4n) is 3.94. The Kier molecular flexibility index (Phi) is 7.54. The third kappa shape index (κ3) is 5.80. The third-order valence-electron chi connectivity index (χ3n) is 5.77. The fraction of sp³-hybridized carbons (Fsp3) is 0.231. The summed E-state index contributed by atoms with van der Waals surface area (Å²) in [7, 11) is 1.65. The first kappa shape index (κ1) is 23.4. The Labute approximate surface area is 204 Å². The van der Waals surface area contributed by atoms with Crippen LogP contribution in [0.15, 0.2) is 78.9 Å². The van der Waals surface area contributed by atoms with Crippen molar-refractivity contribution < 1.29 is 14.3 Å². The number of piperazine rings is 1. The largest absolute Gasteiger partial charge is 0.497 e. The maximum Gasteiger partial charge on any atom is 0.320 e. The van der Waals surface area contributed by atoms with E-state index < -0.39 is 12.1 Å². The molecule has 1 saturated heterocycles. The van der Waals surface area contributed by atoms with Crippen LogP contribution in [0.4, 0.5) is 16.2 Å². The maximum absolute atomic E-state index is 13.5. The van der Waals surface area contributed by atoms with Crippen molar-refractivity contribution in [3.63, 3.8) is 0 Å². The fourth-order valence-corrected chi connectivity index (χ4v) is 4.07. The molecule has 176 valence electrons. The summed E-state index contributed by atoms with van der Waals surface area (Å²) >= 11 is 5.92. The van der Waals surface area contributed by atoms with Crippen molar-refractivity contribution in [2.75, 3.05) is 43.5 Å². The van der Waals surface area contributed by atoms with E-state index in [1.54, 1.807) is 36.3 Å². The molecule has 0 saturated carbocycles. The van der Waals surface area contributed by atoms with E-state index >= 15 is 0 Å². The molecule has 0 aromatic heterocycles. The van der Waals surface area contributed by atoms with Crippen LogP contribution in [-0.2, 0) is 4.79 Å². The Morgan fingerprint density at radius 1 is 0.912 bits per heavy atom. The summed E-state index contributed by atoms with van der Waals surface area (Å²) in [5.41, 5.74) is 2.38. The monoisotopic (exact) mass is 478 g/mol. The smallest absolute Gasteiger partial charge is 0.320 e. The predicted octanol–water partition coefficient (Wildman–Crippen LogP) is 4.56. The van der Waals surface area contributed by atoms with Crippen LogP contribution in [0.3, 0.4) is 0 Å². The van der Waals surface area contributed by atoms with Gasteiger partial charge in [-0.3, -0.25) is 4.79 Å². The molecule has 0 spiro atoms. The summed E-state index contributed by atoms with van der Waals surface area (Å²) in [5.74, 6) is 0.666. The summed E-state index contributed by atoms with van der Waals surface area (Å²) in [6.45, 7) is 2.49. The Morgan fingerprint density at radius 3 is 2.29 bits per heavy atom. The molecule has 3 amide bonds. The number of ether oxygens (including phenoxy) is 1. The first-order chi connectivity index (χ1) is 16.5. The lowest BCUT2D eigenvalue weighted by molar-refractivity contribution is -0.133. The van der Waals surface area contributed by atoms with Crippen LogP contribution in [-0.4, -0.2) is 50.1 Å². The third-order valence-corrected chi connectivity index (χ3v) is 6.02. The van der Waals surface area contributed by atoms with Gasteiger partial charge in [0.15, 0.2) is 0 Å². The highest BCUT2D eigenvalue weighted by Crippen LogP contribution is 2.24. The number of amides is 3. The number of urea groups is 1. The molecule has 1 unspecified atom stereocenters. The van der Waals surface area contributed by atoms with Gasteiger partial charge >= 0.3 is 6.03 Å². The number of halogens is 1. The van der Waals surface area contributed by atoms with Crippen LogP contribution in [0, 0.1) is 0 Å². The van der Waals surface area contributed by atoms with Crippen LogP contribution in [0.5, 0.6) is 5.75 Å². The minimum absolute atomic E-state index is 0.136. The Hall–Kier alpha value is -3.71. The van der Waals surface area contributed by atoms with E-state index in [9.17, 15) is 9.59 Å². The van der Waals surface area contributed by atoms with E-state index in [1.807, 2.05) is 54.6 Å². The van der Waals surface area contributed by atoms with Gasteiger partial charge in [-0.1, -0.05) is 48.0 Å². The SMILES string of the molecule is COc1cccc(N2CCN(C(=O)C(NC(=O)Nc3ccc(Cl)cc3)c3ccccc3)CC2)c1. The zero-order chi connectivity index (χ0) is 23.9. The molecule has 0 bridgehead atoms. The van der Waals surface area contributed by atoms with Crippen LogP contribution in [0.25, 0.3) is 0 Å². The Balaban J connectivity index is 1.43. The van der Waals surface area contributed by atoms with Crippen LogP contribution < -0.4 is 20.3 Å². The molecule has 3 aromatic carbocycles.